The Morgan fingerprint density at radius 2 is 2.12 bits per heavy atom. The van der Waals surface area contributed by atoms with Crippen LogP contribution in [0, 0.1) is 0 Å². The van der Waals surface area contributed by atoms with Gasteiger partial charge in [-0.2, -0.15) is 10.1 Å². The van der Waals surface area contributed by atoms with Crippen molar-refractivity contribution in [2.75, 3.05) is 25.3 Å². The number of hydrogen-bond donors (Lipinski definition) is 5. The van der Waals surface area contributed by atoms with Gasteiger partial charge in [0.2, 0.25) is 5.28 Å². The van der Waals surface area contributed by atoms with Gasteiger partial charge >= 0.3 is 7.60 Å². The molecule has 1 aliphatic rings. The van der Waals surface area contributed by atoms with Crippen molar-refractivity contribution < 1.29 is 34.0 Å². The Labute approximate surface area is 151 Å². The Balaban J connectivity index is 1.82. The SMILES string of the molecule is CNc1nc(Cl)nc2c1cnn2[C@@H]1O[C@H](COCP(=O)(O)O)[C@@H](O)[C@H]1O. The van der Waals surface area contributed by atoms with Crippen molar-refractivity contribution >= 4 is 36.0 Å². The average Bonchev–Trinajstić information content (AvgIpc) is 3.09. The van der Waals surface area contributed by atoms with Gasteiger partial charge in [-0.15, -0.1) is 0 Å². The summed E-state index contributed by atoms with van der Waals surface area (Å²) in [5.74, 6) is 0.431. The lowest BCUT2D eigenvalue weighted by atomic mass is 10.1. The zero-order chi connectivity index (χ0) is 19.1. The molecule has 1 aliphatic heterocycles. The van der Waals surface area contributed by atoms with E-state index in [2.05, 4.69) is 20.4 Å². The maximum absolute atomic E-state index is 10.8. The second-order valence-corrected chi connectivity index (χ2v) is 7.55. The van der Waals surface area contributed by atoms with Crippen molar-refractivity contribution in [1.29, 1.82) is 0 Å². The number of aliphatic hydroxyl groups is 2. The van der Waals surface area contributed by atoms with Gasteiger partial charge in [0.25, 0.3) is 0 Å². The molecule has 5 N–H and O–H groups in total. The highest BCUT2D eigenvalue weighted by Gasteiger charge is 2.45. The predicted molar refractivity (Wildman–Crippen MR) is 88.7 cm³/mol. The van der Waals surface area contributed by atoms with Crippen molar-refractivity contribution in [3.8, 4) is 0 Å². The largest absolute Gasteiger partial charge is 0.387 e. The molecular weight excluding hydrogens is 393 g/mol. The number of aliphatic hydroxyl groups excluding tert-OH is 2. The van der Waals surface area contributed by atoms with E-state index < -0.39 is 38.5 Å². The third kappa shape index (κ3) is 3.82. The summed E-state index contributed by atoms with van der Waals surface area (Å²) in [6, 6.07) is 0. The molecule has 3 rings (SSSR count). The van der Waals surface area contributed by atoms with Crippen LogP contribution >= 0.6 is 19.2 Å². The van der Waals surface area contributed by atoms with E-state index >= 15 is 0 Å². The first-order valence-electron chi connectivity index (χ1n) is 7.43. The van der Waals surface area contributed by atoms with Crippen LogP contribution in [0.25, 0.3) is 11.0 Å². The molecule has 0 aliphatic carbocycles. The molecule has 3 heterocycles. The molecule has 0 aromatic carbocycles. The van der Waals surface area contributed by atoms with E-state index in [1.54, 1.807) is 7.05 Å². The summed E-state index contributed by atoms with van der Waals surface area (Å²) >= 11 is 5.89. The number of nitrogens with zero attached hydrogens (tertiary/aromatic N) is 4. The summed E-state index contributed by atoms with van der Waals surface area (Å²) < 4.78 is 22.5. The average molecular weight is 410 g/mol. The van der Waals surface area contributed by atoms with E-state index in [-0.39, 0.29) is 17.5 Å². The molecule has 0 saturated carbocycles. The van der Waals surface area contributed by atoms with Crippen molar-refractivity contribution in [3.63, 3.8) is 0 Å². The minimum absolute atomic E-state index is 0.0434. The molecule has 0 amide bonds. The third-order valence-electron chi connectivity index (χ3n) is 3.78. The van der Waals surface area contributed by atoms with Crippen molar-refractivity contribution in [2.24, 2.45) is 0 Å². The molecule has 12 nitrogen and oxygen atoms in total. The topological polar surface area (TPSA) is 172 Å². The number of anilines is 1. The van der Waals surface area contributed by atoms with Gasteiger partial charge in [-0.1, -0.05) is 0 Å². The minimum Gasteiger partial charge on any atom is -0.387 e. The van der Waals surface area contributed by atoms with Crippen LogP contribution in [0.3, 0.4) is 0 Å². The Morgan fingerprint density at radius 3 is 2.77 bits per heavy atom. The first kappa shape index (κ1) is 19.4. The van der Waals surface area contributed by atoms with E-state index in [4.69, 9.17) is 30.9 Å². The summed E-state index contributed by atoms with van der Waals surface area (Å²) in [4.78, 5) is 25.7. The normalized spacial score (nSPS) is 26.5. The molecule has 1 saturated heterocycles. The molecule has 1 fully saturated rings. The zero-order valence-corrected chi connectivity index (χ0v) is 15.1. The van der Waals surface area contributed by atoms with Crippen LogP contribution < -0.4 is 5.32 Å². The van der Waals surface area contributed by atoms with Gasteiger partial charge in [-0.25, -0.2) is 9.67 Å². The van der Waals surface area contributed by atoms with Gasteiger partial charge in [0, 0.05) is 7.05 Å². The Bertz CT molecular complexity index is 845. The Morgan fingerprint density at radius 1 is 1.38 bits per heavy atom. The number of fused-ring (bicyclic) bond motifs is 1. The van der Waals surface area contributed by atoms with E-state index in [1.165, 1.54) is 10.9 Å². The fourth-order valence-corrected chi connectivity index (χ4v) is 3.14. The standard InChI is InChI=1S/C12H17ClN5O7P/c1-14-9-5-2-15-18(10(5)17-12(13)16-9)11-8(20)7(19)6(25-11)3-24-4-26(21,22)23/h2,6-8,11,19-20H,3-4H2,1H3,(H,14,16,17)(H2,21,22,23)/t6-,7-,8-,11-/m1/s1. The lowest BCUT2D eigenvalue weighted by Gasteiger charge is -2.16. The summed E-state index contributed by atoms with van der Waals surface area (Å²) in [6.45, 7) is -0.323. The molecule has 2 aromatic heterocycles. The maximum atomic E-state index is 10.8. The highest BCUT2D eigenvalue weighted by molar-refractivity contribution is 7.51. The number of halogens is 1. The molecule has 4 atom stereocenters. The smallest absolute Gasteiger partial charge is 0.350 e. The number of nitrogens with one attached hydrogen (secondary N) is 1. The zero-order valence-electron chi connectivity index (χ0n) is 13.4. The molecule has 2 aromatic rings. The highest BCUT2D eigenvalue weighted by Crippen LogP contribution is 2.36. The van der Waals surface area contributed by atoms with Gasteiger partial charge in [0.15, 0.2) is 11.9 Å². The first-order valence-corrected chi connectivity index (χ1v) is 9.61. The highest BCUT2D eigenvalue weighted by atomic mass is 35.5. The third-order valence-corrected chi connectivity index (χ3v) is 4.47. The van der Waals surface area contributed by atoms with Crippen LogP contribution in [-0.4, -0.2) is 78.1 Å². The lowest BCUT2D eigenvalue weighted by Crippen LogP contribution is -2.34. The summed E-state index contributed by atoms with van der Waals surface area (Å²) in [5.41, 5.74) is 0.280. The van der Waals surface area contributed by atoms with Gasteiger partial charge < -0.3 is 34.8 Å². The van der Waals surface area contributed by atoms with Crippen molar-refractivity contribution in [1.82, 2.24) is 19.7 Å². The molecule has 0 spiro atoms. The van der Waals surface area contributed by atoms with Crippen LogP contribution in [0.1, 0.15) is 6.23 Å². The number of hydrogen-bond acceptors (Lipinski definition) is 9. The fraction of sp³-hybridized carbons (Fsp3) is 0.583. The predicted octanol–water partition coefficient (Wildman–Crippen LogP) is -0.708. The van der Waals surface area contributed by atoms with Crippen molar-refractivity contribution in [3.05, 3.63) is 11.5 Å². The molecule has 144 valence electrons. The second kappa shape index (κ2) is 7.33. The van der Waals surface area contributed by atoms with E-state index in [0.717, 1.165) is 0 Å². The number of aromatic nitrogens is 4. The summed E-state index contributed by atoms with van der Waals surface area (Å²) in [7, 11) is -2.70. The van der Waals surface area contributed by atoms with Gasteiger partial charge in [-0.3, -0.25) is 4.57 Å². The van der Waals surface area contributed by atoms with Gasteiger partial charge in [-0.05, 0) is 11.6 Å². The second-order valence-electron chi connectivity index (χ2n) is 5.63. The van der Waals surface area contributed by atoms with Gasteiger partial charge in [0.1, 0.15) is 30.5 Å². The van der Waals surface area contributed by atoms with Crippen LogP contribution in [-0.2, 0) is 14.0 Å². The van der Waals surface area contributed by atoms with E-state index in [0.29, 0.717) is 11.2 Å². The molecule has 0 bridgehead atoms. The lowest BCUT2D eigenvalue weighted by molar-refractivity contribution is -0.0658. The Kier molecular flexibility index (Phi) is 5.47. The van der Waals surface area contributed by atoms with Gasteiger partial charge in [0.05, 0.1) is 18.2 Å². The summed E-state index contributed by atoms with van der Waals surface area (Å²) in [5, 5.41) is 27.9. The van der Waals surface area contributed by atoms with Crippen LogP contribution in [0.2, 0.25) is 5.28 Å². The molecule has 26 heavy (non-hydrogen) atoms. The van der Waals surface area contributed by atoms with E-state index in [9.17, 15) is 14.8 Å². The fourth-order valence-electron chi connectivity index (χ4n) is 2.63. The molecule has 14 heteroatoms. The Hall–Kier alpha value is -1.37. The van der Waals surface area contributed by atoms with Crippen LogP contribution in [0.5, 0.6) is 0 Å². The van der Waals surface area contributed by atoms with Crippen LogP contribution in [0.4, 0.5) is 5.82 Å². The number of rotatable bonds is 6. The van der Waals surface area contributed by atoms with E-state index in [1.807, 2.05) is 0 Å². The minimum atomic E-state index is -4.35. The van der Waals surface area contributed by atoms with Crippen LogP contribution in [0.15, 0.2) is 6.20 Å². The molecular formula is C12H17ClN5O7P. The molecule has 0 radical (unpaired) electrons. The monoisotopic (exact) mass is 409 g/mol. The first-order chi connectivity index (χ1) is 12.2. The summed E-state index contributed by atoms with van der Waals surface area (Å²) in [6.07, 6.45) is -4.19. The maximum Gasteiger partial charge on any atom is 0.350 e. The number of ether oxygens (including phenoxy) is 2. The molecule has 0 unspecified atom stereocenters. The quantitative estimate of drug-likeness (QED) is 0.301. The van der Waals surface area contributed by atoms with Crippen molar-refractivity contribution in [2.45, 2.75) is 24.5 Å².